The smallest absolute Gasteiger partial charge is 0.290 e. The molecule has 1 amide bonds. The molecule has 148 valence electrons. The number of Topliss-reactive ketones (excluding diaryl/α,β-unsaturated/α-hetero) is 1. The van der Waals surface area contributed by atoms with Crippen molar-refractivity contribution < 1.29 is 23.8 Å². The first-order valence-corrected chi connectivity index (χ1v) is 9.44. The van der Waals surface area contributed by atoms with Gasteiger partial charge in [-0.3, -0.25) is 9.59 Å². The summed E-state index contributed by atoms with van der Waals surface area (Å²) < 4.78 is 10.9. The number of ether oxygens (including phenoxy) is 1. The van der Waals surface area contributed by atoms with Gasteiger partial charge in [0.15, 0.2) is 11.5 Å². The highest BCUT2D eigenvalue weighted by Crippen LogP contribution is 2.40. The van der Waals surface area contributed by atoms with Crippen LogP contribution in [0, 0.1) is 5.92 Å². The number of nitrogens with zero attached hydrogens (tertiary/aromatic N) is 1. The van der Waals surface area contributed by atoms with Crippen LogP contribution in [0.4, 0.5) is 0 Å². The van der Waals surface area contributed by atoms with Gasteiger partial charge >= 0.3 is 0 Å². The van der Waals surface area contributed by atoms with Crippen molar-refractivity contribution >= 4 is 11.7 Å². The summed E-state index contributed by atoms with van der Waals surface area (Å²) in [5, 5.41) is 10.5. The highest BCUT2D eigenvalue weighted by Gasteiger charge is 2.43. The molecule has 0 aliphatic carbocycles. The second-order valence-corrected chi connectivity index (χ2v) is 7.20. The van der Waals surface area contributed by atoms with Crippen LogP contribution in [0.1, 0.15) is 44.6 Å². The SMILES string of the molecule is CCOc1ccc(C2C(C(=O)CC(C)C)=C(O)C(=O)N2Cc2ccco2)cc1. The number of aliphatic hydroxyl groups excluding tert-OH is 1. The number of carbonyl (C=O) groups excluding carboxylic acids is 2. The number of rotatable bonds is 8. The Bertz CT molecular complexity index is 865. The molecule has 1 aromatic heterocycles. The molecule has 1 N–H and O–H groups in total. The van der Waals surface area contributed by atoms with Gasteiger partial charge in [0.2, 0.25) is 0 Å². The number of benzene rings is 1. The molecule has 2 aromatic rings. The molecule has 1 aromatic carbocycles. The molecule has 1 aliphatic heterocycles. The van der Waals surface area contributed by atoms with Gasteiger partial charge in [-0.2, -0.15) is 0 Å². The molecule has 6 nitrogen and oxygen atoms in total. The van der Waals surface area contributed by atoms with Crippen molar-refractivity contribution in [3.05, 3.63) is 65.3 Å². The number of aliphatic hydroxyl groups is 1. The fourth-order valence-electron chi connectivity index (χ4n) is 3.41. The zero-order chi connectivity index (χ0) is 20.3. The van der Waals surface area contributed by atoms with E-state index in [0.29, 0.717) is 18.1 Å². The zero-order valence-corrected chi connectivity index (χ0v) is 16.3. The summed E-state index contributed by atoms with van der Waals surface area (Å²) in [5.41, 5.74) is 0.883. The van der Waals surface area contributed by atoms with Crippen LogP contribution in [0.2, 0.25) is 0 Å². The van der Waals surface area contributed by atoms with E-state index in [2.05, 4.69) is 0 Å². The van der Waals surface area contributed by atoms with Crippen molar-refractivity contribution in [1.29, 1.82) is 0 Å². The maximum Gasteiger partial charge on any atom is 0.290 e. The minimum Gasteiger partial charge on any atom is -0.503 e. The maximum atomic E-state index is 12.9. The minimum absolute atomic E-state index is 0.114. The van der Waals surface area contributed by atoms with E-state index in [1.165, 1.54) is 11.2 Å². The van der Waals surface area contributed by atoms with Crippen molar-refractivity contribution in [3.8, 4) is 5.75 Å². The fourth-order valence-corrected chi connectivity index (χ4v) is 3.41. The Balaban J connectivity index is 2.00. The molecule has 1 unspecified atom stereocenters. The Morgan fingerprint density at radius 1 is 1.25 bits per heavy atom. The largest absolute Gasteiger partial charge is 0.503 e. The number of hydrogen-bond acceptors (Lipinski definition) is 5. The van der Waals surface area contributed by atoms with Crippen LogP contribution in [0.25, 0.3) is 0 Å². The normalized spacial score (nSPS) is 16.9. The third kappa shape index (κ3) is 3.96. The second kappa shape index (κ2) is 8.33. The van der Waals surface area contributed by atoms with Gasteiger partial charge in [0.1, 0.15) is 11.5 Å². The third-order valence-corrected chi connectivity index (χ3v) is 4.61. The molecule has 6 heteroatoms. The Labute approximate surface area is 164 Å². The number of hydrogen-bond donors (Lipinski definition) is 1. The van der Waals surface area contributed by atoms with Gasteiger partial charge in [-0.25, -0.2) is 0 Å². The first-order valence-electron chi connectivity index (χ1n) is 9.44. The topological polar surface area (TPSA) is 80.0 Å². The Hall–Kier alpha value is -3.02. The number of amides is 1. The van der Waals surface area contributed by atoms with Crippen LogP contribution in [-0.4, -0.2) is 28.3 Å². The number of ketones is 1. The standard InChI is InChI=1S/C22H25NO5/c1-4-27-16-9-7-15(8-10-16)20-19(18(24)12-14(2)3)21(25)22(26)23(20)13-17-6-5-11-28-17/h5-11,14,20,25H,4,12-13H2,1-3H3. The van der Waals surface area contributed by atoms with E-state index < -0.39 is 17.7 Å². The van der Waals surface area contributed by atoms with Gasteiger partial charge in [0.25, 0.3) is 5.91 Å². The average molecular weight is 383 g/mol. The third-order valence-electron chi connectivity index (χ3n) is 4.61. The lowest BCUT2D eigenvalue weighted by Gasteiger charge is -2.26. The van der Waals surface area contributed by atoms with Crippen molar-refractivity contribution in [2.75, 3.05) is 6.61 Å². The molecular weight excluding hydrogens is 358 g/mol. The first-order chi connectivity index (χ1) is 13.4. The molecule has 0 saturated carbocycles. The van der Waals surface area contributed by atoms with Crippen LogP contribution < -0.4 is 4.74 Å². The Morgan fingerprint density at radius 3 is 2.54 bits per heavy atom. The van der Waals surface area contributed by atoms with Crippen molar-refractivity contribution in [1.82, 2.24) is 4.90 Å². The van der Waals surface area contributed by atoms with E-state index in [-0.39, 0.29) is 30.2 Å². The molecule has 1 aliphatic rings. The Morgan fingerprint density at radius 2 is 1.96 bits per heavy atom. The summed E-state index contributed by atoms with van der Waals surface area (Å²) in [6.45, 7) is 6.46. The summed E-state index contributed by atoms with van der Waals surface area (Å²) in [7, 11) is 0. The van der Waals surface area contributed by atoms with Gasteiger partial charge in [0.05, 0.1) is 31.0 Å². The lowest BCUT2D eigenvalue weighted by molar-refractivity contribution is -0.130. The zero-order valence-electron chi connectivity index (χ0n) is 16.3. The van der Waals surface area contributed by atoms with Gasteiger partial charge in [0, 0.05) is 6.42 Å². The van der Waals surface area contributed by atoms with E-state index in [4.69, 9.17) is 9.15 Å². The summed E-state index contributed by atoms with van der Waals surface area (Å²) in [6, 6.07) is 10.1. The summed E-state index contributed by atoms with van der Waals surface area (Å²) in [4.78, 5) is 27.1. The molecule has 28 heavy (non-hydrogen) atoms. The molecule has 0 radical (unpaired) electrons. The van der Waals surface area contributed by atoms with Crippen molar-refractivity contribution in [2.24, 2.45) is 5.92 Å². The molecule has 0 saturated heterocycles. The van der Waals surface area contributed by atoms with Crippen molar-refractivity contribution in [3.63, 3.8) is 0 Å². The maximum absolute atomic E-state index is 12.9. The minimum atomic E-state index is -0.667. The molecular formula is C22H25NO5. The molecule has 1 atom stereocenters. The number of carbonyl (C=O) groups is 2. The summed E-state index contributed by atoms with van der Waals surface area (Å²) in [6.07, 6.45) is 1.79. The highest BCUT2D eigenvalue weighted by molar-refractivity contribution is 6.08. The average Bonchev–Trinajstić information content (AvgIpc) is 3.24. The second-order valence-electron chi connectivity index (χ2n) is 7.20. The van der Waals surface area contributed by atoms with E-state index in [1.807, 2.05) is 32.9 Å². The van der Waals surface area contributed by atoms with E-state index in [1.54, 1.807) is 24.3 Å². The Kier molecular flexibility index (Phi) is 5.87. The van der Waals surface area contributed by atoms with Crippen LogP contribution in [0.15, 0.2) is 58.4 Å². The lowest BCUT2D eigenvalue weighted by Crippen LogP contribution is -2.30. The van der Waals surface area contributed by atoms with Crippen LogP contribution in [0.3, 0.4) is 0 Å². The van der Waals surface area contributed by atoms with E-state index in [0.717, 1.165) is 5.56 Å². The van der Waals surface area contributed by atoms with Gasteiger partial charge in [-0.15, -0.1) is 0 Å². The highest BCUT2D eigenvalue weighted by atomic mass is 16.5. The molecule has 3 rings (SSSR count). The molecule has 0 spiro atoms. The van der Waals surface area contributed by atoms with Gasteiger partial charge in [-0.1, -0.05) is 26.0 Å². The van der Waals surface area contributed by atoms with Crippen molar-refractivity contribution in [2.45, 2.75) is 39.8 Å². The summed E-state index contributed by atoms with van der Waals surface area (Å²) in [5.74, 6) is 0.134. The predicted octanol–water partition coefficient (Wildman–Crippen LogP) is 4.19. The van der Waals surface area contributed by atoms with Crippen LogP contribution in [0.5, 0.6) is 5.75 Å². The summed E-state index contributed by atoms with van der Waals surface area (Å²) >= 11 is 0. The lowest BCUT2D eigenvalue weighted by atomic mass is 9.92. The van der Waals surface area contributed by atoms with Gasteiger partial charge < -0.3 is 19.2 Å². The van der Waals surface area contributed by atoms with Gasteiger partial charge in [-0.05, 0) is 42.7 Å². The van der Waals surface area contributed by atoms with E-state index in [9.17, 15) is 14.7 Å². The van der Waals surface area contributed by atoms with Crippen LogP contribution in [-0.2, 0) is 16.1 Å². The monoisotopic (exact) mass is 383 g/mol. The molecule has 0 bridgehead atoms. The molecule has 2 heterocycles. The van der Waals surface area contributed by atoms with E-state index >= 15 is 0 Å². The molecule has 0 fully saturated rings. The fraction of sp³-hybridized carbons (Fsp3) is 0.364. The predicted molar refractivity (Wildman–Crippen MR) is 104 cm³/mol. The quantitative estimate of drug-likeness (QED) is 0.739. The first kappa shape index (κ1) is 19.7. The van der Waals surface area contributed by atoms with Crippen LogP contribution >= 0.6 is 0 Å². The number of furan rings is 1.